The topological polar surface area (TPSA) is 130 Å². The van der Waals surface area contributed by atoms with E-state index in [1.165, 1.54) is 0 Å². The maximum absolute atomic E-state index is 11.6. The first kappa shape index (κ1) is 15.5. The SMILES string of the molecule is O=C(Nc1ccccc1)[C@H](O)[C@H](O)[C@H](O)[C@@H](O)CO. The van der Waals surface area contributed by atoms with E-state index in [-0.39, 0.29) is 0 Å². The second-order valence-electron chi connectivity index (χ2n) is 4.03. The van der Waals surface area contributed by atoms with Crippen LogP contribution >= 0.6 is 0 Å². The number of anilines is 1. The van der Waals surface area contributed by atoms with Crippen LogP contribution in [-0.2, 0) is 4.79 Å². The van der Waals surface area contributed by atoms with Gasteiger partial charge in [0.1, 0.15) is 18.3 Å². The third-order valence-corrected chi connectivity index (χ3v) is 2.56. The molecule has 0 bridgehead atoms. The first-order valence-electron chi connectivity index (χ1n) is 5.66. The fourth-order valence-electron chi connectivity index (χ4n) is 1.42. The molecule has 1 aromatic rings. The number of hydrogen-bond donors (Lipinski definition) is 6. The van der Waals surface area contributed by atoms with Crippen molar-refractivity contribution in [2.45, 2.75) is 24.4 Å². The highest BCUT2D eigenvalue weighted by molar-refractivity contribution is 5.94. The molecule has 0 unspecified atom stereocenters. The third kappa shape index (κ3) is 4.27. The summed E-state index contributed by atoms with van der Waals surface area (Å²) in [5.74, 6) is -0.928. The number of amides is 1. The number of para-hydroxylation sites is 1. The first-order chi connectivity index (χ1) is 8.97. The van der Waals surface area contributed by atoms with Crippen molar-refractivity contribution in [2.75, 3.05) is 11.9 Å². The average Bonchev–Trinajstić information content (AvgIpc) is 2.44. The van der Waals surface area contributed by atoms with Crippen molar-refractivity contribution >= 4 is 11.6 Å². The van der Waals surface area contributed by atoms with Gasteiger partial charge in [-0.1, -0.05) is 18.2 Å². The Hall–Kier alpha value is -1.51. The Morgan fingerprint density at radius 1 is 1.05 bits per heavy atom. The van der Waals surface area contributed by atoms with Gasteiger partial charge in [-0.25, -0.2) is 0 Å². The van der Waals surface area contributed by atoms with Crippen LogP contribution in [0.4, 0.5) is 5.69 Å². The summed E-state index contributed by atoms with van der Waals surface area (Å²) in [6.07, 6.45) is -7.32. The molecule has 0 aliphatic rings. The highest BCUT2D eigenvalue weighted by atomic mass is 16.4. The Labute approximate surface area is 109 Å². The van der Waals surface area contributed by atoms with Crippen molar-refractivity contribution in [1.82, 2.24) is 0 Å². The molecule has 0 saturated carbocycles. The van der Waals surface area contributed by atoms with Crippen LogP contribution < -0.4 is 5.32 Å². The van der Waals surface area contributed by atoms with Crippen LogP contribution in [0.5, 0.6) is 0 Å². The molecule has 1 rings (SSSR count). The second-order valence-corrected chi connectivity index (χ2v) is 4.03. The molecule has 6 N–H and O–H groups in total. The Balaban J connectivity index is 2.61. The van der Waals surface area contributed by atoms with E-state index in [0.29, 0.717) is 5.69 Å². The van der Waals surface area contributed by atoms with E-state index in [9.17, 15) is 20.1 Å². The fourth-order valence-corrected chi connectivity index (χ4v) is 1.42. The van der Waals surface area contributed by atoms with Crippen LogP contribution in [0.2, 0.25) is 0 Å². The summed E-state index contributed by atoms with van der Waals surface area (Å²) in [6, 6.07) is 8.24. The molecule has 0 fully saturated rings. The van der Waals surface area contributed by atoms with Crippen LogP contribution in [0.15, 0.2) is 30.3 Å². The molecule has 1 amide bonds. The third-order valence-electron chi connectivity index (χ3n) is 2.56. The minimum Gasteiger partial charge on any atom is -0.394 e. The second kappa shape index (κ2) is 7.17. The van der Waals surface area contributed by atoms with E-state index < -0.39 is 36.9 Å². The van der Waals surface area contributed by atoms with Crippen LogP contribution in [0.3, 0.4) is 0 Å². The molecule has 0 aliphatic carbocycles. The van der Waals surface area contributed by atoms with Gasteiger partial charge in [0.25, 0.3) is 5.91 Å². The molecule has 0 aliphatic heterocycles. The molecule has 0 radical (unpaired) electrons. The lowest BCUT2D eigenvalue weighted by molar-refractivity contribution is -0.144. The van der Waals surface area contributed by atoms with Gasteiger partial charge in [-0.3, -0.25) is 4.79 Å². The quantitative estimate of drug-likeness (QED) is 0.357. The lowest BCUT2D eigenvalue weighted by atomic mass is 10.0. The van der Waals surface area contributed by atoms with Gasteiger partial charge in [-0.05, 0) is 12.1 Å². The summed E-state index contributed by atoms with van der Waals surface area (Å²) in [5.41, 5.74) is 0.413. The zero-order valence-electron chi connectivity index (χ0n) is 10.0. The lowest BCUT2D eigenvalue weighted by Crippen LogP contribution is -2.50. The minimum atomic E-state index is -1.93. The summed E-state index contributed by atoms with van der Waals surface area (Å²) in [5, 5.41) is 48.5. The van der Waals surface area contributed by atoms with Gasteiger partial charge in [0.05, 0.1) is 6.61 Å². The summed E-state index contributed by atoms with van der Waals surface area (Å²) in [7, 11) is 0. The van der Waals surface area contributed by atoms with Gasteiger partial charge >= 0.3 is 0 Å². The number of hydrogen-bond acceptors (Lipinski definition) is 6. The summed E-state index contributed by atoms with van der Waals surface area (Å²) in [6.45, 7) is -0.800. The van der Waals surface area contributed by atoms with Crippen molar-refractivity contribution in [2.24, 2.45) is 0 Å². The molecule has 0 saturated heterocycles. The van der Waals surface area contributed by atoms with Crippen molar-refractivity contribution in [3.8, 4) is 0 Å². The van der Waals surface area contributed by atoms with E-state index in [1.54, 1.807) is 30.3 Å². The maximum Gasteiger partial charge on any atom is 0.256 e. The van der Waals surface area contributed by atoms with Gasteiger partial charge in [-0.15, -0.1) is 0 Å². The van der Waals surface area contributed by atoms with Gasteiger partial charge in [0.15, 0.2) is 6.10 Å². The van der Waals surface area contributed by atoms with Crippen LogP contribution in [0.25, 0.3) is 0 Å². The number of nitrogens with one attached hydrogen (secondary N) is 1. The molecule has 106 valence electrons. The van der Waals surface area contributed by atoms with E-state index in [2.05, 4.69) is 5.32 Å². The number of aliphatic hydroxyl groups is 5. The Morgan fingerprint density at radius 3 is 2.16 bits per heavy atom. The Bertz CT molecular complexity index is 398. The number of carbonyl (C=O) groups is 1. The zero-order valence-corrected chi connectivity index (χ0v) is 10.0. The van der Waals surface area contributed by atoms with E-state index in [1.807, 2.05) is 0 Å². The monoisotopic (exact) mass is 271 g/mol. The predicted octanol–water partition coefficient (Wildman–Crippen LogP) is -1.94. The average molecular weight is 271 g/mol. The van der Waals surface area contributed by atoms with Crippen molar-refractivity contribution in [1.29, 1.82) is 0 Å². The number of benzene rings is 1. The van der Waals surface area contributed by atoms with Crippen LogP contribution in [0.1, 0.15) is 0 Å². The molecule has 4 atom stereocenters. The lowest BCUT2D eigenvalue weighted by Gasteiger charge is -2.24. The van der Waals surface area contributed by atoms with Gasteiger partial charge in [0, 0.05) is 5.69 Å². The highest BCUT2D eigenvalue weighted by Gasteiger charge is 2.34. The summed E-state index contributed by atoms with van der Waals surface area (Å²) < 4.78 is 0. The molecule has 0 spiro atoms. The summed E-state index contributed by atoms with van der Waals surface area (Å²) >= 11 is 0. The van der Waals surface area contributed by atoms with Crippen molar-refractivity contribution < 1.29 is 30.3 Å². The van der Waals surface area contributed by atoms with Crippen LogP contribution in [0, 0.1) is 0 Å². The normalized spacial score (nSPS) is 17.3. The van der Waals surface area contributed by atoms with E-state index >= 15 is 0 Å². The number of rotatable bonds is 6. The minimum absolute atomic E-state index is 0.413. The number of carbonyl (C=O) groups excluding carboxylic acids is 1. The van der Waals surface area contributed by atoms with Crippen molar-refractivity contribution in [3.63, 3.8) is 0 Å². The first-order valence-corrected chi connectivity index (χ1v) is 5.66. The predicted molar refractivity (Wildman–Crippen MR) is 66.2 cm³/mol. The molecule has 1 aromatic carbocycles. The molecule has 0 aromatic heterocycles. The smallest absolute Gasteiger partial charge is 0.256 e. The molecule has 7 heteroatoms. The summed E-state index contributed by atoms with van der Waals surface area (Å²) in [4.78, 5) is 11.6. The van der Waals surface area contributed by atoms with Gasteiger partial charge in [0.2, 0.25) is 0 Å². The van der Waals surface area contributed by atoms with Gasteiger partial charge < -0.3 is 30.8 Å². The van der Waals surface area contributed by atoms with E-state index in [0.717, 1.165) is 0 Å². The fraction of sp³-hybridized carbons (Fsp3) is 0.417. The molecular weight excluding hydrogens is 254 g/mol. The van der Waals surface area contributed by atoms with Crippen molar-refractivity contribution in [3.05, 3.63) is 30.3 Å². The van der Waals surface area contributed by atoms with Gasteiger partial charge in [-0.2, -0.15) is 0 Å². The molecule has 7 nitrogen and oxygen atoms in total. The highest BCUT2D eigenvalue weighted by Crippen LogP contribution is 2.09. The van der Waals surface area contributed by atoms with Crippen LogP contribution in [-0.4, -0.2) is 62.5 Å². The number of aliphatic hydroxyl groups excluding tert-OH is 5. The zero-order chi connectivity index (χ0) is 14.4. The van der Waals surface area contributed by atoms with E-state index in [4.69, 9.17) is 10.2 Å². The Kier molecular flexibility index (Phi) is 5.87. The molecule has 19 heavy (non-hydrogen) atoms. The molecule has 0 heterocycles. The maximum atomic E-state index is 11.6. The standard InChI is InChI=1S/C12H17NO6/c14-6-8(15)9(16)10(17)11(18)12(19)13-7-4-2-1-3-5-7/h1-5,8-11,14-18H,6H2,(H,13,19)/t8-,9+,10+,11+/m0/s1. The molecular formula is C12H17NO6. The Morgan fingerprint density at radius 2 is 1.63 bits per heavy atom. The largest absolute Gasteiger partial charge is 0.394 e.